The Labute approximate surface area is 223 Å². The molecule has 0 atom stereocenters. The van der Waals surface area contributed by atoms with Crippen LogP contribution in [0, 0.1) is 0 Å². The first-order valence-electron chi connectivity index (χ1n) is 12.6. The van der Waals surface area contributed by atoms with Crippen molar-refractivity contribution in [3.63, 3.8) is 0 Å². The number of hydrogen-bond acceptors (Lipinski definition) is 5. The lowest BCUT2D eigenvalue weighted by molar-refractivity contribution is -0.137. The highest BCUT2D eigenvalue weighted by Gasteiger charge is 2.31. The van der Waals surface area contributed by atoms with E-state index in [2.05, 4.69) is 27.1 Å². The minimum Gasteiger partial charge on any atom is -0.357 e. The predicted molar refractivity (Wildman–Crippen MR) is 145 cm³/mol. The van der Waals surface area contributed by atoms with Crippen molar-refractivity contribution in [2.75, 3.05) is 23.3 Å². The Morgan fingerprint density at radius 2 is 1.82 bits per heavy atom. The van der Waals surface area contributed by atoms with Crippen molar-refractivity contribution < 1.29 is 18.0 Å². The van der Waals surface area contributed by atoms with E-state index in [1.165, 1.54) is 23.5 Å². The molecule has 3 heterocycles. The van der Waals surface area contributed by atoms with E-state index in [9.17, 15) is 18.0 Å². The summed E-state index contributed by atoms with van der Waals surface area (Å²) in [7, 11) is 0. The van der Waals surface area contributed by atoms with Crippen molar-refractivity contribution in [3.8, 4) is 11.3 Å². The Morgan fingerprint density at radius 3 is 2.47 bits per heavy atom. The summed E-state index contributed by atoms with van der Waals surface area (Å²) in [4.78, 5) is 25.2. The molecule has 5 rings (SSSR count). The molecule has 0 bridgehead atoms. The number of halogens is 3. The monoisotopic (exact) mass is 536 g/mol. The van der Waals surface area contributed by atoms with Gasteiger partial charge in [-0.2, -0.15) is 13.2 Å². The van der Waals surface area contributed by atoms with Crippen molar-refractivity contribution in [3.05, 3.63) is 94.5 Å². The van der Waals surface area contributed by atoms with Crippen molar-refractivity contribution >= 4 is 28.2 Å². The molecule has 0 aliphatic carbocycles. The van der Waals surface area contributed by atoms with E-state index in [0.717, 1.165) is 52.8 Å². The van der Waals surface area contributed by atoms with Gasteiger partial charge in [0, 0.05) is 29.7 Å². The van der Waals surface area contributed by atoms with E-state index < -0.39 is 11.7 Å². The number of pyridine rings is 1. The summed E-state index contributed by atoms with van der Waals surface area (Å²) in [5.41, 5.74) is 2.46. The predicted octanol–water partition coefficient (Wildman–Crippen LogP) is 7.42. The van der Waals surface area contributed by atoms with Gasteiger partial charge < -0.3 is 4.90 Å². The number of amides is 1. The summed E-state index contributed by atoms with van der Waals surface area (Å²) in [6, 6.07) is 19.1. The molecule has 0 unspecified atom stereocenters. The lowest BCUT2D eigenvalue weighted by atomic mass is 9.88. The largest absolute Gasteiger partial charge is 0.416 e. The van der Waals surface area contributed by atoms with E-state index in [1.807, 2.05) is 36.4 Å². The highest BCUT2D eigenvalue weighted by molar-refractivity contribution is 7.16. The molecule has 1 N–H and O–H groups in total. The summed E-state index contributed by atoms with van der Waals surface area (Å²) in [5.74, 6) is 0.548. The minimum absolute atomic E-state index is 0.0747. The number of benzene rings is 2. The molecule has 2 aromatic heterocycles. The molecule has 2 aromatic carbocycles. The van der Waals surface area contributed by atoms with Crippen molar-refractivity contribution in [1.82, 2.24) is 9.97 Å². The number of alkyl halides is 3. The lowest BCUT2D eigenvalue weighted by Gasteiger charge is -2.33. The third-order valence-corrected chi connectivity index (χ3v) is 7.92. The van der Waals surface area contributed by atoms with Crippen LogP contribution in [0.3, 0.4) is 0 Å². The molecule has 1 saturated heterocycles. The lowest BCUT2D eigenvalue weighted by Crippen LogP contribution is -2.33. The minimum atomic E-state index is -4.34. The zero-order valence-electron chi connectivity index (χ0n) is 20.8. The van der Waals surface area contributed by atoms with E-state index in [4.69, 9.17) is 0 Å². The van der Waals surface area contributed by atoms with Crippen LogP contribution in [0.25, 0.3) is 11.3 Å². The van der Waals surface area contributed by atoms with Crippen LogP contribution in [0.5, 0.6) is 0 Å². The molecule has 5 nitrogen and oxygen atoms in total. The number of piperidine rings is 1. The summed E-state index contributed by atoms with van der Waals surface area (Å²) >= 11 is 1.47. The fourth-order valence-electron chi connectivity index (χ4n) is 4.75. The molecule has 1 aliphatic rings. The van der Waals surface area contributed by atoms with Gasteiger partial charge in [-0.25, -0.2) is 9.97 Å². The first-order valence-corrected chi connectivity index (χ1v) is 13.4. The summed E-state index contributed by atoms with van der Waals surface area (Å²) in [6.07, 6.45) is -0.497. The number of carbonyl (C=O) groups excluding carboxylic acids is 1. The van der Waals surface area contributed by atoms with Crippen molar-refractivity contribution in [2.24, 2.45) is 0 Å². The van der Waals surface area contributed by atoms with E-state index in [-0.39, 0.29) is 11.8 Å². The molecular weight excluding hydrogens is 509 g/mol. The molecule has 0 spiro atoms. The number of thiazole rings is 1. The smallest absolute Gasteiger partial charge is 0.357 e. The fourth-order valence-corrected chi connectivity index (χ4v) is 5.67. The van der Waals surface area contributed by atoms with Gasteiger partial charge in [0.15, 0.2) is 5.13 Å². The third-order valence-electron chi connectivity index (χ3n) is 6.80. The van der Waals surface area contributed by atoms with Crippen LogP contribution in [-0.2, 0) is 12.6 Å². The number of hydrogen-bond donors (Lipinski definition) is 1. The summed E-state index contributed by atoms with van der Waals surface area (Å²) in [5, 5.41) is 3.44. The maximum Gasteiger partial charge on any atom is 0.416 e. The quantitative estimate of drug-likeness (QED) is 0.279. The SMILES string of the molecule is CCc1sc(NC(=O)c2ccc(N3CCC(c4cccc(C(F)(F)F)c4)CC3)nc2)nc1-c1ccccc1. The van der Waals surface area contributed by atoms with Gasteiger partial charge in [-0.05, 0) is 48.9 Å². The number of carbonyl (C=O) groups is 1. The highest BCUT2D eigenvalue weighted by Crippen LogP contribution is 2.35. The van der Waals surface area contributed by atoms with Crippen molar-refractivity contribution in [1.29, 1.82) is 0 Å². The van der Waals surface area contributed by atoms with Gasteiger partial charge in [0.25, 0.3) is 5.91 Å². The first-order chi connectivity index (χ1) is 18.3. The molecule has 1 amide bonds. The van der Waals surface area contributed by atoms with Gasteiger partial charge in [0.2, 0.25) is 0 Å². The average molecular weight is 537 g/mol. The Morgan fingerprint density at radius 1 is 1.05 bits per heavy atom. The topological polar surface area (TPSA) is 58.1 Å². The molecule has 38 heavy (non-hydrogen) atoms. The molecule has 0 saturated carbocycles. The van der Waals surface area contributed by atoms with Gasteiger partial charge in [-0.3, -0.25) is 10.1 Å². The van der Waals surface area contributed by atoms with Crippen LogP contribution < -0.4 is 10.2 Å². The van der Waals surface area contributed by atoms with Gasteiger partial charge in [0.1, 0.15) is 5.82 Å². The van der Waals surface area contributed by atoms with Crippen LogP contribution in [-0.4, -0.2) is 29.0 Å². The summed E-state index contributed by atoms with van der Waals surface area (Å²) in [6.45, 7) is 3.43. The van der Waals surface area contributed by atoms with Gasteiger partial charge in [-0.1, -0.05) is 55.5 Å². The maximum absolute atomic E-state index is 13.1. The molecule has 9 heteroatoms. The molecule has 0 radical (unpaired) electrons. The standard InChI is InChI=1S/C29H27F3N4OS/c1-2-24-26(20-7-4-3-5-8-20)34-28(38-24)35-27(37)22-11-12-25(33-18-22)36-15-13-19(14-16-36)21-9-6-10-23(17-21)29(30,31)32/h3-12,17-19H,2,13-16H2,1H3,(H,34,35,37). The normalized spacial score (nSPS) is 14.5. The Bertz CT molecular complexity index is 1400. The maximum atomic E-state index is 13.1. The number of aryl methyl sites for hydroxylation is 1. The highest BCUT2D eigenvalue weighted by atomic mass is 32.1. The van der Waals surface area contributed by atoms with Gasteiger partial charge in [0.05, 0.1) is 16.8 Å². The molecular formula is C29H27F3N4OS. The number of anilines is 2. The zero-order chi connectivity index (χ0) is 26.7. The van der Waals surface area contributed by atoms with E-state index in [0.29, 0.717) is 23.8 Å². The molecule has 1 aliphatic heterocycles. The molecule has 1 fully saturated rings. The Balaban J connectivity index is 1.21. The van der Waals surface area contributed by atoms with Crippen LogP contribution in [0.1, 0.15) is 52.0 Å². The third kappa shape index (κ3) is 5.72. The Kier molecular flexibility index (Phi) is 7.46. The number of nitrogens with zero attached hydrogens (tertiary/aromatic N) is 3. The average Bonchev–Trinajstić information content (AvgIpc) is 3.36. The molecule has 196 valence electrons. The zero-order valence-corrected chi connectivity index (χ0v) is 21.6. The second-order valence-corrected chi connectivity index (χ2v) is 10.3. The molecule has 4 aromatic rings. The van der Waals surface area contributed by atoms with Gasteiger partial charge >= 0.3 is 6.18 Å². The summed E-state index contributed by atoms with van der Waals surface area (Å²) < 4.78 is 39.3. The van der Waals surface area contributed by atoms with Crippen molar-refractivity contribution in [2.45, 2.75) is 38.3 Å². The number of rotatable bonds is 6. The second-order valence-electron chi connectivity index (χ2n) is 9.25. The number of aromatic nitrogens is 2. The van der Waals surface area contributed by atoms with E-state index in [1.54, 1.807) is 18.3 Å². The Hall–Kier alpha value is -3.72. The first kappa shape index (κ1) is 25.9. The van der Waals surface area contributed by atoms with Crippen LogP contribution >= 0.6 is 11.3 Å². The number of nitrogens with one attached hydrogen (secondary N) is 1. The van der Waals surface area contributed by atoms with Gasteiger partial charge in [-0.15, -0.1) is 11.3 Å². The van der Waals surface area contributed by atoms with Crippen LogP contribution in [0.4, 0.5) is 24.1 Å². The van der Waals surface area contributed by atoms with E-state index >= 15 is 0 Å². The van der Waals surface area contributed by atoms with Crippen LogP contribution in [0.2, 0.25) is 0 Å². The second kappa shape index (κ2) is 10.9. The fraction of sp³-hybridized carbons (Fsp3) is 0.276. The van der Waals surface area contributed by atoms with Crippen LogP contribution in [0.15, 0.2) is 72.9 Å².